The van der Waals surface area contributed by atoms with Crippen molar-refractivity contribution >= 4 is 11.7 Å². The Labute approximate surface area is 172 Å². The average Bonchev–Trinajstić information content (AvgIpc) is 2.58. The van der Waals surface area contributed by atoms with Crippen molar-refractivity contribution in [2.45, 2.75) is 59.3 Å². The maximum Gasteiger partial charge on any atom is 0.274 e. The number of carbonyl (C=O) groups excluding carboxylic acids is 2. The number of Topliss-reactive ketones (excluding diaryl/α,β-unsaturated/α-hetero) is 1. The summed E-state index contributed by atoms with van der Waals surface area (Å²) in [4.78, 5) is 35.7. The van der Waals surface area contributed by atoms with Crippen LogP contribution in [-0.2, 0) is 20.3 Å². The van der Waals surface area contributed by atoms with Gasteiger partial charge in [0.25, 0.3) is 5.91 Å². The number of ketones is 1. The van der Waals surface area contributed by atoms with Gasteiger partial charge in [-0.05, 0) is 23.8 Å². The first kappa shape index (κ1) is 24.7. The van der Waals surface area contributed by atoms with Crippen LogP contribution < -0.4 is 10.2 Å². The lowest BCUT2D eigenvalue weighted by atomic mass is 9.74. The molecule has 0 atom stereocenters. The third kappa shape index (κ3) is 6.33. The smallest absolute Gasteiger partial charge is 0.274 e. The Balaban J connectivity index is 3.77. The highest BCUT2D eigenvalue weighted by Crippen LogP contribution is 2.43. The number of carbonyl (C=O) groups is 2. The molecule has 0 heterocycles. The molecule has 0 aromatic heterocycles. The summed E-state index contributed by atoms with van der Waals surface area (Å²) in [6.07, 6.45) is 0. The molecule has 1 aromatic rings. The molecule has 0 aliphatic heterocycles. The number of nitrogens with one attached hydrogen (secondary N) is 1. The lowest BCUT2D eigenvalue weighted by Crippen LogP contribution is -2.28. The number of hydrogen-bond donors (Lipinski definition) is 1. The van der Waals surface area contributed by atoms with Gasteiger partial charge in [0, 0.05) is 23.8 Å². The summed E-state index contributed by atoms with van der Waals surface area (Å²) in [7, 11) is 1.58. The number of ether oxygens (including phenoxy) is 3. The quantitative estimate of drug-likeness (QED) is 0.219. The van der Waals surface area contributed by atoms with E-state index in [4.69, 9.17) is 14.2 Å². The number of nitrogens with zero attached hydrogens (tertiary/aromatic N) is 1. The fourth-order valence-electron chi connectivity index (χ4n) is 3.04. The van der Waals surface area contributed by atoms with Crippen molar-refractivity contribution in [2.75, 3.05) is 27.1 Å². The van der Waals surface area contributed by atoms with Crippen molar-refractivity contribution in [1.82, 2.24) is 5.43 Å². The summed E-state index contributed by atoms with van der Waals surface area (Å²) in [6.45, 7) is 13.8. The Hall–Kier alpha value is -2.32. The second-order valence-corrected chi connectivity index (χ2v) is 8.80. The van der Waals surface area contributed by atoms with Crippen LogP contribution in [0.25, 0.3) is 0 Å². The van der Waals surface area contributed by atoms with E-state index in [2.05, 4.69) is 5.29 Å². The molecule has 0 saturated carbocycles. The van der Waals surface area contributed by atoms with Gasteiger partial charge < -0.3 is 14.2 Å². The highest BCUT2D eigenvalue weighted by atomic mass is 16.7. The minimum Gasteiger partial charge on any atom is -0.467 e. The standard InChI is InChI=1S/C21H32N2O6/c1-13(24)16-14(19(25)22-23-26)11-15(20(2,3)4)18(17(16)21(5,6)7)29-12-28-10-9-27-8/h11H,9-10,12H2,1-8H3,(H,22,25,26). The van der Waals surface area contributed by atoms with Gasteiger partial charge in [0.15, 0.2) is 12.6 Å². The first-order valence-corrected chi connectivity index (χ1v) is 9.41. The molecule has 1 amide bonds. The zero-order valence-corrected chi connectivity index (χ0v) is 18.6. The molecule has 0 fully saturated rings. The third-order valence-corrected chi connectivity index (χ3v) is 4.30. The van der Waals surface area contributed by atoms with Gasteiger partial charge in [-0.3, -0.25) is 9.59 Å². The van der Waals surface area contributed by atoms with E-state index in [1.54, 1.807) is 13.2 Å². The molecule has 0 radical (unpaired) electrons. The van der Waals surface area contributed by atoms with Gasteiger partial charge in [0.05, 0.1) is 24.1 Å². The molecule has 8 nitrogen and oxygen atoms in total. The van der Waals surface area contributed by atoms with Crippen LogP contribution in [0.15, 0.2) is 11.4 Å². The van der Waals surface area contributed by atoms with Gasteiger partial charge in [0.1, 0.15) is 5.75 Å². The van der Waals surface area contributed by atoms with E-state index in [0.717, 1.165) is 5.56 Å². The highest BCUT2D eigenvalue weighted by molar-refractivity contribution is 6.09. The summed E-state index contributed by atoms with van der Waals surface area (Å²) in [5.41, 5.74) is 2.56. The van der Waals surface area contributed by atoms with E-state index in [-0.39, 0.29) is 23.7 Å². The minimum absolute atomic E-state index is 0.0334. The maximum atomic E-state index is 12.6. The Morgan fingerprint density at radius 3 is 2.14 bits per heavy atom. The second kappa shape index (κ2) is 9.93. The molecule has 1 aromatic carbocycles. The largest absolute Gasteiger partial charge is 0.467 e. The van der Waals surface area contributed by atoms with E-state index in [9.17, 15) is 14.5 Å². The molecular formula is C21H32N2O6. The number of hydrogen-bond acceptors (Lipinski definition) is 7. The van der Waals surface area contributed by atoms with Crippen LogP contribution in [0.3, 0.4) is 0 Å². The van der Waals surface area contributed by atoms with Crippen LogP contribution in [0.4, 0.5) is 0 Å². The van der Waals surface area contributed by atoms with Gasteiger partial charge >= 0.3 is 0 Å². The van der Waals surface area contributed by atoms with Gasteiger partial charge in [0.2, 0.25) is 0 Å². The van der Waals surface area contributed by atoms with Crippen LogP contribution in [-0.4, -0.2) is 38.8 Å². The SMILES string of the molecule is COCCOCOc1c(C(C)(C)C)cc(C(=O)NN=O)c(C(C)=O)c1C(C)(C)C. The van der Waals surface area contributed by atoms with E-state index >= 15 is 0 Å². The van der Waals surface area contributed by atoms with Crippen LogP contribution in [0.5, 0.6) is 5.75 Å². The van der Waals surface area contributed by atoms with Gasteiger partial charge in [-0.15, -0.1) is 4.91 Å². The Bertz CT molecular complexity index is 760. The number of rotatable bonds is 9. The molecule has 1 N–H and O–H groups in total. The molecule has 0 spiro atoms. The molecule has 0 aliphatic rings. The molecule has 0 saturated heterocycles. The number of methoxy groups -OCH3 is 1. The zero-order chi connectivity index (χ0) is 22.4. The second-order valence-electron chi connectivity index (χ2n) is 8.80. The first-order valence-electron chi connectivity index (χ1n) is 9.41. The van der Waals surface area contributed by atoms with E-state index < -0.39 is 16.7 Å². The lowest BCUT2D eigenvalue weighted by Gasteiger charge is -2.32. The fraction of sp³-hybridized carbons (Fsp3) is 0.619. The minimum atomic E-state index is -0.732. The van der Waals surface area contributed by atoms with Crippen molar-refractivity contribution < 1.29 is 23.8 Å². The predicted octanol–water partition coefficient (Wildman–Crippen LogP) is 3.89. The zero-order valence-electron chi connectivity index (χ0n) is 18.6. The number of nitroso groups, excluding NO2 is 1. The van der Waals surface area contributed by atoms with Crippen LogP contribution >= 0.6 is 0 Å². The molecule has 0 unspecified atom stereocenters. The van der Waals surface area contributed by atoms with Crippen molar-refractivity contribution in [3.8, 4) is 5.75 Å². The normalized spacial score (nSPS) is 11.9. The molecule has 29 heavy (non-hydrogen) atoms. The Morgan fingerprint density at radius 1 is 1.07 bits per heavy atom. The van der Waals surface area contributed by atoms with Crippen molar-refractivity contribution in [3.05, 3.63) is 33.2 Å². The summed E-state index contributed by atoms with van der Waals surface area (Å²) in [5, 5.41) is 2.47. The molecular weight excluding hydrogens is 376 g/mol. The molecule has 0 bridgehead atoms. The topological polar surface area (TPSA) is 103 Å². The molecule has 162 valence electrons. The van der Waals surface area contributed by atoms with Crippen molar-refractivity contribution in [1.29, 1.82) is 0 Å². The Kier molecular flexibility index (Phi) is 8.47. The molecule has 8 heteroatoms. The van der Waals surface area contributed by atoms with E-state index in [1.807, 2.05) is 47.0 Å². The maximum absolute atomic E-state index is 12.6. The van der Waals surface area contributed by atoms with Gasteiger partial charge in [-0.1, -0.05) is 41.5 Å². The van der Waals surface area contributed by atoms with Crippen molar-refractivity contribution in [2.24, 2.45) is 5.29 Å². The van der Waals surface area contributed by atoms with Crippen LogP contribution in [0.1, 0.15) is 80.3 Å². The van der Waals surface area contributed by atoms with Gasteiger partial charge in [-0.25, -0.2) is 5.43 Å². The molecule has 1 rings (SSSR count). The summed E-state index contributed by atoms with van der Waals surface area (Å²) in [5.74, 6) is -0.538. The average molecular weight is 408 g/mol. The number of benzene rings is 1. The van der Waals surface area contributed by atoms with E-state index in [0.29, 0.717) is 24.5 Å². The highest BCUT2D eigenvalue weighted by Gasteiger charge is 2.34. The first-order chi connectivity index (χ1) is 13.4. The summed E-state index contributed by atoms with van der Waals surface area (Å²) >= 11 is 0. The van der Waals surface area contributed by atoms with Crippen LogP contribution in [0, 0.1) is 4.91 Å². The van der Waals surface area contributed by atoms with E-state index in [1.165, 1.54) is 6.92 Å². The predicted molar refractivity (Wildman–Crippen MR) is 110 cm³/mol. The van der Waals surface area contributed by atoms with Crippen molar-refractivity contribution in [3.63, 3.8) is 0 Å². The van der Waals surface area contributed by atoms with Crippen LogP contribution in [0.2, 0.25) is 0 Å². The Morgan fingerprint density at radius 2 is 1.69 bits per heavy atom. The fourth-order valence-corrected chi connectivity index (χ4v) is 3.04. The molecule has 0 aliphatic carbocycles. The monoisotopic (exact) mass is 408 g/mol. The number of amides is 1. The van der Waals surface area contributed by atoms with Gasteiger partial charge in [-0.2, -0.15) is 0 Å². The summed E-state index contributed by atoms with van der Waals surface area (Å²) < 4.78 is 16.4. The summed E-state index contributed by atoms with van der Waals surface area (Å²) in [6, 6.07) is 1.59. The third-order valence-electron chi connectivity index (χ3n) is 4.30. The lowest BCUT2D eigenvalue weighted by molar-refractivity contribution is -0.00996.